The molecule has 3 atom stereocenters. The van der Waals surface area contributed by atoms with Gasteiger partial charge < -0.3 is 34.4 Å². The number of alkyl carbamates (subject to hydrolysis) is 1. The third-order valence-corrected chi connectivity index (χ3v) is 13.3. The molecule has 2 aliphatic rings. The van der Waals surface area contributed by atoms with E-state index in [0.29, 0.717) is 6.54 Å². The number of rotatable bonds is 12. The number of hydrogen-bond acceptors (Lipinski definition) is 8. The average Bonchev–Trinajstić information content (AvgIpc) is 4.15. The predicted molar refractivity (Wildman–Crippen MR) is 250 cm³/mol. The minimum atomic E-state index is -0.696. The van der Waals surface area contributed by atoms with E-state index in [1.807, 2.05) is 56.8 Å². The maximum absolute atomic E-state index is 13.7. The van der Waals surface area contributed by atoms with Crippen LogP contribution in [-0.2, 0) is 14.3 Å². The smallest absolute Gasteiger partial charge is 0.407 e. The number of methoxy groups -OCH3 is 1. The number of aromatic nitrogens is 6. The first-order valence-corrected chi connectivity index (χ1v) is 23.0. The van der Waals surface area contributed by atoms with Crippen molar-refractivity contribution in [3.63, 3.8) is 0 Å². The number of hydrogen-bond donors (Lipinski definition) is 3. The number of aromatic amines is 2. The Morgan fingerprint density at radius 1 is 0.750 bits per heavy atom. The second-order valence-electron chi connectivity index (χ2n) is 17.5. The van der Waals surface area contributed by atoms with Gasteiger partial charge in [-0.25, -0.2) is 19.7 Å². The fraction of sp³-hybridized carbons (Fsp3) is 0.340. The number of thiazole rings is 1. The highest BCUT2D eigenvalue weighted by atomic mass is 32.1. The Kier molecular flexibility index (Phi) is 12.0. The Balaban J connectivity index is 0.983. The number of carbonyl (C=O) groups excluding carboxylic acids is 3. The number of fused-ring (bicyclic) bond motifs is 1. The van der Waals surface area contributed by atoms with Gasteiger partial charge in [0.25, 0.3) is 0 Å². The molecule has 3 aromatic carbocycles. The molecule has 2 saturated heterocycles. The molecular weight excluding hydrogens is 823 g/mol. The average molecular weight is 877 g/mol. The van der Waals surface area contributed by atoms with E-state index in [-0.39, 0.29) is 35.7 Å². The van der Waals surface area contributed by atoms with E-state index < -0.39 is 12.1 Å². The first-order chi connectivity index (χ1) is 30.9. The number of aryl methyl sites for hydroxylation is 1. The van der Waals surface area contributed by atoms with E-state index in [9.17, 15) is 14.4 Å². The van der Waals surface area contributed by atoms with Crippen LogP contribution in [0.15, 0.2) is 91.3 Å². The van der Waals surface area contributed by atoms with Gasteiger partial charge in [0, 0.05) is 42.3 Å². The molecule has 329 valence electrons. The van der Waals surface area contributed by atoms with Crippen LogP contribution in [0, 0.1) is 25.2 Å². The normalized spacial score (nSPS) is 16.9. The molecular formula is C50H54N9O4S. The predicted octanol–water partition coefficient (Wildman–Crippen LogP) is 10.1. The quantitative estimate of drug-likeness (QED) is 0.110. The molecule has 0 aliphatic carbocycles. The van der Waals surface area contributed by atoms with Gasteiger partial charge in [-0.3, -0.25) is 9.59 Å². The number of nitrogens with zero attached hydrogens (tertiary/aromatic N) is 6. The number of likely N-dealkylation sites (tertiary alicyclic amines) is 2. The Bertz CT molecular complexity index is 2800. The summed E-state index contributed by atoms with van der Waals surface area (Å²) in [4.78, 5) is 64.1. The molecule has 6 heterocycles. The highest BCUT2D eigenvalue weighted by Crippen LogP contribution is 2.38. The number of benzene rings is 3. The van der Waals surface area contributed by atoms with E-state index >= 15 is 0 Å². The Labute approximate surface area is 377 Å². The van der Waals surface area contributed by atoms with Crippen LogP contribution in [0.3, 0.4) is 0 Å². The molecule has 0 unspecified atom stereocenters. The molecule has 13 nitrogen and oxygen atoms in total. The summed E-state index contributed by atoms with van der Waals surface area (Å²) in [6.45, 7) is 11.3. The van der Waals surface area contributed by atoms with Crippen LogP contribution in [0.5, 0.6) is 0 Å². The number of H-pyrrole nitrogens is 2. The van der Waals surface area contributed by atoms with Crippen LogP contribution in [0.25, 0.3) is 60.9 Å². The molecule has 4 aromatic heterocycles. The fourth-order valence-corrected chi connectivity index (χ4v) is 9.97. The van der Waals surface area contributed by atoms with Crippen LogP contribution in [0.2, 0.25) is 0 Å². The number of ether oxygens (including phenoxy) is 1. The van der Waals surface area contributed by atoms with Crippen molar-refractivity contribution < 1.29 is 19.1 Å². The van der Waals surface area contributed by atoms with Crippen molar-refractivity contribution in [1.82, 2.24) is 44.6 Å². The maximum atomic E-state index is 13.7. The molecule has 0 bridgehead atoms. The summed E-state index contributed by atoms with van der Waals surface area (Å²) in [6, 6.07) is 26.8. The SMILES string of the molecule is COC(=O)N[C@H](C(=O)N1CCC[C@H]1c1nc(-c2ccc(-c3ccc(-c4ccc(-c5c[nH]c([C@@H]6CCCN6C(=O)[CH]C(C)C)n5)cc4)n3-c3ccc4sc(C)nc4c3)cc2)c[nH]1)C(C)C. The number of carbonyl (C=O) groups is 3. The second kappa shape index (κ2) is 17.9. The van der Waals surface area contributed by atoms with E-state index in [2.05, 4.69) is 98.7 Å². The molecule has 2 aliphatic heterocycles. The van der Waals surface area contributed by atoms with Crippen molar-refractivity contribution in [3.8, 4) is 50.7 Å². The standard InChI is InChI=1S/C50H54N9O4S/c1-29(2)25-45(60)57-23-7-9-42(57)47-51-27-38(54-47)32-11-15-34(16-12-32)40-20-21-41(59(40)36-19-22-44-37(26-36)53-31(5)64-44)35-17-13-33(14-18-35)39-28-52-48(55-39)43-10-8-24-58(43)49(61)46(30(3)4)56-50(62)63-6/h11-22,25-30,42-43,46H,7-10,23-24H2,1-6H3,(H,51,54)(H,52,55)(H,56,62)/t42-,43-,46-/m0/s1. The highest BCUT2D eigenvalue weighted by Gasteiger charge is 2.38. The van der Waals surface area contributed by atoms with Crippen LogP contribution >= 0.6 is 11.3 Å². The molecule has 3 amide bonds. The Hall–Kier alpha value is -6.54. The van der Waals surface area contributed by atoms with E-state index in [1.165, 1.54) is 7.11 Å². The second-order valence-corrected chi connectivity index (χ2v) is 18.7. The molecule has 2 fully saturated rings. The maximum Gasteiger partial charge on any atom is 0.407 e. The number of imidazole rings is 2. The van der Waals surface area contributed by atoms with Gasteiger partial charge in [0.15, 0.2) is 0 Å². The Morgan fingerprint density at radius 3 is 1.84 bits per heavy atom. The highest BCUT2D eigenvalue weighted by molar-refractivity contribution is 7.18. The van der Waals surface area contributed by atoms with Gasteiger partial charge in [-0.1, -0.05) is 76.2 Å². The summed E-state index contributed by atoms with van der Waals surface area (Å²) in [6.07, 6.45) is 8.48. The van der Waals surface area contributed by atoms with Crippen LogP contribution < -0.4 is 5.32 Å². The van der Waals surface area contributed by atoms with E-state index in [1.54, 1.807) is 17.8 Å². The van der Waals surface area contributed by atoms with Crippen molar-refractivity contribution in [3.05, 3.63) is 114 Å². The van der Waals surface area contributed by atoms with Gasteiger partial charge in [-0.05, 0) is 85.9 Å². The van der Waals surface area contributed by atoms with E-state index in [4.69, 9.17) is 19.7 Å². The zero-order valence-corrected chi connectivity index (χ0v) is 37.9. The van der Waals surface area contributed by atoms with Crippen LogP contribution in [0.4, 0.5) is 4.79 Å². The molecule has 14 heteroatoms. The minimum absolute atomic E-state index is 0.0520. The summed E-state index contributed by atoms with van der Waals surface area (Å²) in [7, 11) is 1.30. The first-order valence-electron chi connectivity index (χ1n) is 22.2. The summed E-state index contributed by atoms with van der Waals surface area (Å²) in [5.41, 5.74) is 9.72. The van der Waals surface area contributed by atoms with Crippen molar-refractivity contribution in [2.45, 2.75) is 78.4 Å². The molecule has 9 rings (SSSR count). The summed E-state index contributed by atoms with van der Waals surface area (Å²) < 4.78 is 8.24. The number of nitrogens with one attached hydrogen (secondary N) is 3. The zero-order valence-electron chi connectivity index (χ0n) is 37.1. The fourth-order valence-electron chi connectivity index (χ4n) is 9.16. The largest absolute Gasteiger partial charge is 0.453 e. The summed E-state index contributed by atoms with van der Waals surface area (Å²) in [5, 5.41) is 3.75. The molecule has 64 heavy (non-hydrogen) atoms. The van der Waals surface area contributed by atoms with Crippen LogP contribution in [0.1, 0.15) is 82.1 Å². The van der Waals surface area contributed by atoms with Gasteiger partial charge in [0.1, 0.15) is 17.7 Å². The molecule has 0 spiro atoms. The molecule has 0 saturated carbocycles. The van der Waals surface area contributed by atoms with Gasteiger partial charge in [0.05, 0.1) is 63.6 Å². The monoisotopic (exact) mass is 876 g/mol. The van der Waals surface area contributed by atoms with Gasteiger partial charge in [-0.15, -0.1) is 11.3 Å². The van der Waals surface area contributed by atoms with E-state index in [0.717, 1.165) is 110 Å². The first kappa shape index (κ1) is 42.7. The summed E-state index contributed by atoms with van der Waals surface area (Å²) >= 11 is 1.69. The zero-order chi connectivity index (χ0) is 44.6. The lowest BCUT2D eigenvalue weighted by Crippen LogP contribution is -2.51. The molecule has 7 aromatic rings. The van der Waals surface area contributed by atoms with Gasteiger partial charge in [0.2, 0.25) is 11.8 Å². The van der Waals surface area contributed by atoms with Gasteiger partial charge >= 0.3 is 6.09 Å². The third-order valence-electron chi connectivity index (χ3n) is 12.3. The summed E-state index contributed by atoms with van der Waals surface area (Å²) in [5.74, 6) is 1.57. The lowest BCUT2D eigenvalue weighted by Gasteiger charge is -2.29. The van der Waals surface area contributed by atoms with Gasteiger partial charge in [-0.2, -0.15) is 0 Å². The number of amides is 3. The molecule has 1 radical (unpaired) electrons. The minimum Gasteiger partial charge on any atom is -0.453 e. The van der Waals surface area contributed by atoms with Crippen LogP contribution in [-0.4, -0.2) is 83.4 Å². The van der Waals surface area contributed by atoms with Crippen molar-refractivity contribution in [2.24, 2.45) is 11.8 Å². The lowest BCUT2D eigenvalue weighted by atomic mass is 10.0. The Morgan fingerprint density at radius 2 is 1.30 bits per heavy atom. The van der Waals surface area contributed by atoms with Crippen molar-refractivity contribution >= 4 is 39.5 Å². The third kappa shape index (κ3) is 8.46. The molecule has 3 N–H and O–H groups in total. The van der Waals surface area contributed by atoms with Crippen molar-refractivity contribution in [1.29, 1.82) is 0 Å². The van der Waals surface area contributed by atoms with Crippen molar-refractivity contribution in [2.75, 3.05) is 20.2 Å². The topological polar surface area (TPSA) is 154 Å². The lowest BCUT2D eigenvalue weighted by molar-refractivity contribution is -0.135.